The highest BCUT2D eigenvalue weighted by Gasteiger charge is 2.52. The molecule has 1 atom stereocenters. The lowest BCUT2D eigenvalue weighted by Gasteiger charge is -2.19. The molecule has 1 aromatic rings. The normalized spacial score (nSPS) is 24.7. The Hall–Kier alpha value is -2.09. The molecule has 21 heavy (non-hydrogen) atoms. The first-order valence-electron chi connectivity index (χ1n) is 6.47. The Morgan fingerprint density at radius 1 is 1.33 bits per heavy atom. The lowest BCUT2D eigenvalue weighted by molar-refractivity contribution is -0.384. The third kappa shape index (κ3) is 2.35. The van der Waals surface area contributed by atoms with Gasteiger partial charge in [-0.3, -0.25) is 19.8 Å². The molecule has 3 amide bonds. The van der Waals surface area contributed by atoms with E-state index >= 15 is 0 Å². The van der Waals surface area contributed by atoms with E-state index in [9.17, 15) is 19.7 Å². The first kappa shape index (κ1) is 13.9. The molecule has 2 aliphatic heterocycles. The summed E-state index contributed by atoms with van der Waals surface area (Å²) in [6.45, 7) is 0.134. The van der Waals surface area contributed by atoms with Crippen LogP contribution in [-0.2, 0) is 11.3 Å². The van der Waals surface area contributed by atoms with Gasteiger partial charge >= 0.3 is 6.03 Å². The zero-order valence-electron chi connectivity index (χ0n) is 11.1. The number of carbonyl (C=O) groups excluding carboxylic acids is 2. The van der Waals surface area contributed by atoms with Gasteiger partial charge in [0.2, 0.25) is 0 Å². The third-order valence-corrected chi connectivity index (χ3v) is 4.95. The van der Waals surface area contributed by atoms with Gasteiger partial charge in [-0.1, -0.05) is 12.1 Å². The van der Waals surface area contributed by atoms with E-state index < -0.39 is 10.5 Å². The number of urea groups is 1. The number of non-ortho nitro benzene ring substituents is 1. The summed E-state index contributed by atoms with van der Waals surface area (Å²) in [5, 5.41) is 13.4. The van der Waals surface area contributed by atoms with Gasteiger partial charge in [0.05, 0.1) is 11.5 Å². The fourth-order valence-corrected chi connectivity index (χ4v) is 3.88. The van der Waals surface area contributed by atoms with Gasteiger partial charge in [0.25, 0.3) is 11.6 Å². The second kappa shape index (κ2) is 5.03. The topological polar surface area (TPSA) is 92.6 Å². The number of amides is 3. The molecule has 2 aliphatic rings. The van der Waals surface area contributed by atoms with Crippen molar-refractivity contribution in [3.05, 3.63) is 39.9 Å². The van der Waals surface area contributed by atoms with E-state index in [0.717, 1.165) is 5.75 Å². The second-order valence-corrected chi connectivity index (χ2v) is 6.23. The zero-order valence-corrected chi connectivity index (χ0v) is 11.9. The number of thioether (sulfide) groups is 1. The first-order valence-corrected chi connectivity index (χ1v) is 7.62. The quantitative estimate of drug-likeness (QED) is 0.519. The van der Waals surface area contributed by atoms with Crippen molar-refractivity contribution in [2.45, 2.75) is 18.5 Å². The molecule has 0 saturated carbocycles. The summed E-state index contributed by atoms with van der Waals surface area (Å²) in [6.07, 6.45) is 0.652. The van der Waals surface area contributed by atoms with Crippen molar-refractivity contribution in [1.82, 2.24) is 10.2 Å². The molecule has 7 nitrogen and oxygen atoms in total. The minimum absolute atomic E-state index is 0.0142. The van der Waals surface area contributed by atoms with Gasteiger partial charge < -0.3 is 5.32 Å². The number of nitrogens with one attached hydrogen (secondary N) is 1. The molecule has 1 spiro atoms. The van der Waals surface area contributed by atoms with Gasteiger partial charge in [-0.15, -0.1) is 0 Å². The standard InChI is InChI=1S/C13H13N3O4S/c17-11-13(5-6-21-8-13)14-12(18)15(11)7-9-1-3-10(4-2-9)16(19)20/h1-4H,5-8H2,(H,14,18)/t13-/m1/s1. The molecule has 0 radical (unpaired) electrons. The largest absolute Gasteiger partial charge is 0.325 e. The zero-order chi connectivity index (χ0) is 15.0. The van der Waals surface area contributed by atoms with Gasteiger partial charge in [0.15, 0.2) is 0 Å². The van der Waals surface area contributed by atoms with Crippen LogP contribution in [0.3, 0.4) is 0 Å². The van der Waals surface area contributed by atoms with Gasteiger partial charge in [0, 0.05) is 17.9 Å². The number of nitro groups is 1. The average Bonchev–Trinajstić information content (AvgIpc) is 3.01. The molecule has 8 heteroatoms. The summed E-state index contributed by atoms with van der Waals surface area (Å²) < 4.78 is 0. The van der Waals surface area contributed by atoms with Crippen LogP contribution >= 0.6 is 11.8 Å². The first-order chi connectivity index (χ1) is 10.0. The van der Waals surface area contributed by atoms with Gasteiger partial charge in [-0.25, -0.2) is 4.79 Å². The lowest BCUT2D eigenvalue weighted by atomic mass is 9.99. The van der Waals surface area contributed by atoms with Crippen molar-refractivity contribution in [1.29, 1.82) is 0 Å². The summed E-state index contributed by atoms with van der Waals surface area (Å²) in [5.74, 6) is 1.27. The van der Waals surface area contributed by atoms with Gasteiger partial charge in [-0.05, 0) is 17.7 Å². The van der Waals surface area contributed by atoms with Crippen molar-refractivity contribution < 1.29 is 14.5 Å². The van der Waals surface area contributed by atoms with Crippen molar-refractivity contribution in [2.24, 2.45) is 0 Å². The number of hydrogen-bond acceptors (Lipinski definition) is 5. The Morgan fingerprint density at radius 2 is 2.05 bits per heavy atom. The number of nitro benzene ring substituents is 1. The highest BCUT2D eigenvalue weighted by atomic mass is 32.2. The monoisotopic (exact) mass is 307 g/mol. The van der Waals surface area contributed by atoms with Crippen LogP contribution < -0.4 is 5.32 Å². The Labute approximate surface area is 124 Å². The van der Waals surface area contributed by atoms with Crippen LogP contribution in [0.15, 0.2) is 24.3 Å². The Morgan fingerprint density at radius 3 is 2.62 bits per heavy atom. The van der Waals surface area contributed by atoms with Crippen molar-refractivity contribution in [2.75, 3.05) is 11.5 Å². The molecule has 2 fully saturated rings. The molecular formula is C13H13N3O4S. The lowest BCUT2D eigenvalue weighted by Crippen LogP contribution is -2.46. The van der Waals surface area contributed by atoms with Crippen LogP contribution in [0.25, 0.3) is 0 Å². The van der Waals surface area contributed by atoms with Crippen molar-refractivity contribution >= 4 is 29.4 Å². The molecule has 0 aliphatic carbocycles. The minimum atomic E-state index is -0.747. The fourth-order valence-electron chi connectivity index (χ4n) is 2.56. The van der Waals surface area contributed by atoms with E-state index in [1.165, 1.54) is 17.0 Å². The van der Waals surface area contributed by atoms with Crippen LogP contribution in [-0.4, -0.2) is 38.8 Å². The summed E-state index contributed by atoms with van der Waals surface area (Å²) >= 11 is 1.65. The Kier molecular flexibility index (Phi) is 3.32. The van der Waals surface area contributed by atoms with Crippen LogP contribution in [0, 0.1) is 10.1 Å². The SMILES string of the molecule is O=C1N[C@@]2(CCSC2)C(=O)N1Cc1ccc([N+](=O)[O-])cc1. The summed E-state index contributed by atoms with van der Waals surface area (Å²) in [6, 6.07) is 5.48. The van der Waals surface area contributed by atoms with Crippen LogP contribution in [0.5, 0.6) is 0 Å². The van der Waals surface area contributed by atoms with Crippen LogP contribution in [0.4, 0.5) is 10.5 Å². The minimum Gasteiger partial charge on any atom is -0.322 e. The van der Waals surface area contributed by atoms with Gasteiger partial charge in [-0.2, -0.15) is 11.8 Å². The third-order valence-electron chi connectivity index (χ3n) is 3.76. The maximum Gasteiger partial charge on any atom is 0.325 e. The number of imide groups is 1. The highest BCUT2D eigenvalue weighted by Crippen LogP contribution is 2.34. The molecule has 0 aromatic heterocycles. The molecule has 1 aromatic carbocycles. The Bertz CT molecular complexity index is 610. The van der Waals surface area contributed by atoms with Gasteiger partial charge in [0.1, 0.15) is 5.54 Å². The van der Waals surface area contributed by atoms with E-state index in [0.29, 0.717) is 17.7 Å². The maximum absolute atomic E-state index is 12.4. The molecular weight excluding hydrogens is 294 g/mol. The average molecular weight is 307 g/mol. The maximum atomic E-state index is 12.4. The van der Waals surface area contributed by atoms with Crippen molar-refractivity contribution in [3.8, 4) is 0 Å². The van der Waals surface area contributed by atoms with Crippen LogP contribution in [0.1, 0.15) is 12.0 Å². The van der Waals surface area contributed by atoms with Crippen LogP contribution in [0.2, 0.25) is 0 Å². The fraction of sp³-hybridized carbons (Fsp3) is 0.385. The molecule has 1 N–H and O–H groups in total. The molecule has 2 heterocycles. The van der Waals surface area contributed by atoms with E-state index in [2.05, 4.69) is 5.32 Å². The van der Waals surface area contributed by atoms with E-state index in [1.807, 2.05) is 0 Å². The van der Waals surface area contributed by atoms with Crippen molar-refractivity contribution in [3.63, 3.8) is 0 Å². The number of benzene rings is 1. The van der Waals surface area contributed by atoms with E-state index in [4.69, 9.17) is 0 Å². The molecule has 2 saturated heterocycles. The van der Waals surface area contributed by atoms with E-state index in [1.54, 1.807) is 23.9 Å². The number of carbonyl (C=O) groups is 2. The number of hydrogen-bond donors (Lipinski definition) is 1. The van der Waals surface area contributed by atoms with E-state index in [-0.39, 0.29) is 24.2 Å². The Balaban J connectivity index is 1.77. The second-order valence-electron chi connectivity index (χ2n) is 5.13. The summed E-state index contributed by atoms with van der Waals surface area (Å²) in [5.41, 5.74) is -0.0749. The molecule has 0 bridgehead atoms. The predicted octanol–water partition coefficient (Wildman–Crippen LogP) is 1.52. The molecule has 3 rings (SSSR count). The smallest absolute Gasteiger partial charge is 0.322 e. The number of rotatable bonds is 3. The highest BCUT2D eigenvalue weighted by molar-refractivity contribution is 7.99. The molecule has 0 unspecified atom stereocenters. The summed E-state index contributed by atoms with van der Waals surface area (Å²) in [7, 11) is 0. The molecule has 110 valence electrons. The summed E-state index contributed by atoms with van der Waals surface area (Å²) in [4.78, 5) is 35.8. The predicted molar refractivity (Wildman–Crippen MR) is 76.9 cm³/mol. The number of nitrogens with zero attached hydrogens (tertiary/aromatic N) is 2.